The second-order valence-corrected chi connectivity index (χ2v) is 7.76. The second-order valence-electron chi connectivity index (χ2n) is 7.76. The molecule has 0 amide bonds. The summed E-state index contributed by atoms with van der Waals surface area (Å²) < 4.78 is 5.55. The average Bonchev–Trinajstić information content (AvgIpc) is 2.61. The maximum absolute atomic E-state index is 6.56. The van der Waals surface area contributed by atoms with Crippen molar-refractivity contribution in [2.75, 3.05) is 13.2 Å². The van der Waals surface area contributed by atoms with E-state index in [9.17, 15) is 0 Å². The summed E-state index contributed by atoms with van der Waals surface area (Å²) in [6, 6.07) is 0. The maximum Gasteiger partial charge on any atom is 0.0647 e. The zero-order valence-electron chi connectivity index (χ0n) is 10.8. The normalized spacial score (nSPS) is 56.6. The molecule has 0 aromatic heterocycles. The van der Waals surface area contributed by atoms with Gasteiger partial charge in [-0.15, -0.1) is 0 Å². The molecule has 1 saturated heterocycles. The molecule has 2 nitrogen and oxygen atoms in total. The molecular formula is C15H25NO. The zero-order valence-corrected chi connectivity index (χ0v) is 10.8. The van der Waals surface area contributed by atoms with Crippen molar-refractivity contribution in [2.45, 2.75) is 56.9 Å². The molecule has 1 heterocycles. The van der Waals surface area contributed by atoms with E-state index in [1.807, 2.05) is 0 Å². The van der Waals surface area contributed by atoms with Gasteiger partial charge in [-0.05, 0) is 74.5 Å². The molecule has 5 aliphatic rings. The minimum absolute atomic E-state index is 0.0195. The van der Waals surface area contributed by atoms with E-state index in [0.29, 0.717) is 5.41 Å². The molecule has 4 saturated carbocycles. The Morgan fingerprint density at radius 2 is 1.59 bits per heavy atom. The molecule has 1 atom stereocenters. The van der Waals surface area contributed by atoms with Crippen molar-refractivity contribution in [3.05, 3.63) is 0 Å². The van der Waals surface area contributed by atoms with Crippen LogP contribution >= 0.6 is 0 Å². The molecule has 1 aliphatic heterocycles. The van der Waals surface area contributed by atoms with Crippen LogP contribution in [0.25, 0.3) is 0 Å². The molecule has 0 aromatic carbocycles. The molecule has 2 heteroatoms. The van der Waals surface area contributed by atoms with E-state index >= 15 is 0 Å². The number of ether oxygens (including phenoxy) is 1. The van der Waals surface area contributed by atoms with Crippen LogP contribution in [-0.4, -0.2) is 18.8 Å². The fourth-order valence-corrected chi connectivity index (χ4v) is 6.02. The lowest BCUT2D eigenvalue weighted by molar-refractivity contribution is -0.0684. The Morgan fingerprint density at radius 3 is 2.06 bits per heavy atom. The van der Waals surface area contributed by atoms with Crippen molar-refractivity contribution in [1.82, 2.24) is 0 Å². The maximum atomic E-state index is 6.56. The van der Waals surface area contributed by atoms with Gasteiger partial charge in [-0.25, -0.2) is 0 Å². The highest BCUT2D eigenvalue weighted by Gasteiger charge is 2.53. The Labute approximate surface area is 104 Å². The molecule has 4 aliphatic carbocycles. The van der Waals surface area contributed by atoms with Crippen molar-refractivity contribution < 1.29 is 4.74 Å². The van der Waals surface area contributed by atoms with Gasteiger partial charge in [-0.2, -0.15) is 0 Å². The number of hydrogen-bond acceptors (Lipinski definition) is 2. The molecule has 2 N–H and O–H groups in total. The monoisotopic (exact) mass is 235 g/mol. The van der Waals surface area contributed by atoms with Gasteiger partial charge in [0.05, 0.1) is 6.61 Å². The van der Waals surface area contributed by atoms with Crippen molar-refractivity contribution >= 4 is 0 Å². The quantitative estimate of drug-likeness (QED) is 0.798. The van der Waals surface area contributed by atoms with Crippen molar-refractivity contribution in [3.8, 4) is 0 Å². The van der Waals surface area contributed by atoms with Crippen LogP contribution in [0.3, 0.4) is 0 Å². The number of hydrogen-bond donors (Lipinski definition) is 1. The van der Waals surface area contributed by atoms with Gasteiger partial charge in [0.2, 0.25) is 0 Å². The summed E-state index contributed by atoms with van der Waals surface area (Å²) in [7, 11) is 0. The Kier molecular flexibility index (Phi) is 2.21. The molecular weight excluding hydrogens is 210 g/mol. The third-order valence-electron chi connectivity index (χ3n) is 6.03. The SMILES string of the molecule is NC1(CC23CC4CC(CC(C4)C2)C3)CCOC1. The van der Waals surface area contributed by atoms with Gasteiger partial charge >= 0.3 is 0 Å². The van der Waals surface area contributed by atoms with Gasteiger partial charge in [0.1, 0.15) is 0 Å². The van der Waals surface area contributed by atoms with Gasteiger partial charge in [0.25, 0.3) is 0 Å². The Balaban J connectivity index is 1.56. The first-order chi connectivity index (χ1) is 8.15. The molecule has 96 valence electrons. The molecule has 0 aromatic rings. The van der Waals surface area contributed by atoms with Gasteiger partial charge in [-0.3, -0.25) is 0 Å². The van der Waals surface area contributed by atoms with Gasteiger partial charge < -0.3 is 10.5 Å². The topological polar surface area (TPSA) is 35.2 Å². The fraction of sp³-hybridized carbons (Fsp3) is 1.00. The van der Waals surface area contributed by atoms with Gasteiger partial charge in [0.15, 0.2) is 0 Å². The first-order valence-corrected chi connectivity index (χ1v) is 7.52. The lowest BCUT2D eigenvalue weighted by Gasteiger charge is -2.58. The number of rotatable bonds is 2. The molecule has 0 spiro atoms. The summed E-state index contributed by atoms with van der Waals surface area (Å²) in [5, 5.41) is 0. The molecule has 4 bridgehead atoms. The average molecular weight is 235 g/mol. The third-order valence-corrected chi connectivity index (χ3v) is 6.03. The van der Waals surface area contributed by atoms with E-state index in [-0.39, 0.29) is 5.54 Å². The molecule has 0 radical (unpaired) electrons. The van der Waals surface area contributed by atoms with Crippen molar-refractivity contribution in [1.29, 1.82) is 0 Å². The van der Waals surface area contributed by atoms with Crippen LogP contribution in [0.15, 0.2) is 0 Å². The highest BCUT2D eigenvalue weighted by Crippen LogP contribution is 2.62. The summed E-state index contributed by atoms with van der Waals surface area (Å²) in [5.74, 6) is 3.14. The standard InChI is InChI=1S/C15H25NO/c16-15(1-2-17-10-15)9-14-6-11-3-12(7-14)5-13(4-11)8-14/h11-13H,1-10,16H2. The zero-order chi connectivity index (χ0) is 11.5. The third kappa shape index (κ3) is 1.76. The molecule has 17 heavy (non-hydrogen) atoms. The van der Waals surface area contributed by atoms with Crippen LogP contribution in [-0.2, 0) is 4.74 Å². The summed E-state index contributed by atoms with van der Waals surface area (Å²) in [5.41, 5.74) is 7.20. The molecule has 1 unspecified atom stereocenters. The van der Waals surface area contributed by atoms with E-state index in [0.717, 1.165) is 37.4 Å². The second kappa shape index (κ2) is 3.48. The van der Waals surface area contributed by atoms with Crippen LogP contribution in [0.1, 0.15) is 51.4 Å². The number of nitrogens with two attached hydrogens (primary N) is 1. The van der Waals surface area contributed by atoms with Gasteiger partial charge in [0, 0.05) is 12.1 Å². The highest BCUT2D eigenvalue weighted by atomic mass is 16.5. The van der Waals surface area contributed by atoms with Crippen molar-refractivity contribution in [2.24, 2.45) is 28.9 Å². The van der Waals surface area contributed by atoms with E-state index in [1.165, 1.54) is 44.9 Å². The fourth-order valence-electron chi connectivity index (χ4n) is 6.02. The van der Waals surface area contributed by atoms with Crippen LogP contribution < -0.4 is 5.73 Å². The first kappa shape index (κ1) is 10.8. The van der Waals surface area contributed by atoms with Crippen molar-refractivity contribution in [3.63, 3.8) is 0 Å². The summed E-state index contributed by atoms with van der Waals surface area (Å²) in [6.45, 7) is 1.71. The molecule has 5 rings (SSSR count). The van der Waals surface area contributed by atoms with E-state index in [2.05, 4.69) is 0 Å². The summed E-state index contributed by atoms with van der Waals surface area (Å²) in [6.07, 6.45) is 11.4. The highest BCUT2D eigenvalue weighted by molar-refractivity contribution is 5.05. The van der Waals surface area contributed by atoms with Crippen LogP contribution in [0.5, 0.6) is 0 Å². The smallest absolute Gasteiger partial charge is 0.0647 e. The Hall–Kier alpha value is -0.0800. The first-order valence-electron chi connectivity index (χ1n) is 7.52. The van der Waals surface area contributed by atoms with Crippen LogP contribution in [0.2, 0.25) is 0 Å². The van der Waals surface area contributed by atoms with Gasteiger partial charge in [-0.1, -0.05) is 0 Å². The predicted molar refractivity (Wildman–Crippen MR) is 67.6 cm³/mol. The lowest BCUT2D eigenvalue weighted by Crippen LogP contribution is -2.52. The lowest BCUT2D eigenvalue weighted by atomic mass is 9.47. The predicted octanol–water partition coefficient (Wildman–Crippen LogP) is 2.71. The van der Waals surface area contributed by atoms with E-state index < -0.39 is 0 Å². The molecule has 5 fully saturated rings. The Bertz CT molecular complexity index is 284. The minimum Gasteiger partial charge on any atom is -0.379 e. The largest absolute Gasteiger partial charge is 0.379 e. The van der Waals surface area contributed by atoms with Crippen LogP contribution in [0, 0.1) is 23.2 Å². The summed E-state index contributed by atoms with van der Waals surface area (Å²) in [4.78, 5) is 0. The van der Waals surface area contributed by atoms with Crippen LogP contribution in [0.4, 0.5) is 0 Å². The van der Waals surface area contributed by atoms with E-state index in [1.54, 1.807) is 0 Å². The summed E-state index contributed by atoms with van der Waals surface area (Å²) >= 11 is 0. The van der Waals surface area contributed by atoms with E-state index in [4.69, 9.17) is 10.5 Å². The minimum atomic E-state index is 0.0195. The Morgan fingerprint density at radius 1 is 1.00 bits per heavy atom.